The summed E-state index contributed by atoms with van der Waals surface area (Å²) in [6, 6.07) is 9.50. The highest BCUT2D eigenvalue weighted by atomic mass is 32.2. The van der Waals surface area contributed by atoms with Crippen molar-refractivity contribution < 1.29 is 36.2 Å². The van der Waals surface area contributed by atoms with E-state index in [4.69, 9.17) is 9.84 Å². The second kappa shape index (κ2) is 10.4. The van der Waals surface area contributed by atoms with Gasteiger partial charge >= 0.3 is 12.1 Å². The Morgan fingerprint density at radius 2 is 1.78 bits per heavy atom. The van der Waals surface area contributed by atoms with Crippen LogP contribution in [0.5, 0.6) is 5.75 Å². The number of nitrogens with zero attached hydrogens (tertiary/aromatic N) is 1. The molecule has 0 saturated heterocycles. The number of carboxylic acids is 1. The highest BCUT2D eigenvalue weighted by Gasteiger charge is 2.34. The third-order valence-electron chi connectivity index (χ3n) is 4.11. The predicted octanol–water partition coefficient (Wildman–Crippen LogP) is 4.88. The number of halogens is 3. The molecule has 0 aliphatic rings. The van der Waals surface area contributed by atoms with E-state index >= 15 is 0 Å². The van der Waals surface area contributed by atoms with E-state index in [-0.39, 0.29) is 22.9 Å². The molecule has 0 spiro atoms. The van der Waals surface area contributed by atoms with Gasteiger partial charge in [0.15, 0.2) is 0 Å². The first-order valence-corrected chi connectivity index (χ1v) is 10.9. The SMILES string of the molecule is CC(C)N(c1ccc(C(F)(F)F)cc1OCC=CC=CC(=O)O)S(=O)(=O)c1ccccc1. The maximum atomic E-state index is 13.3. The molecule has 0 heterocycles. The van der Waals surface area contributed by atoms with Crippen molar-refractivity contribution in [1.29, 1.82) is 0 Å². The number of benzene rings is 2. The summed E-state index contributed by atoms with van der Waals surface area (Å²) in [7, 11) is -4.10. The second-order valence-electron chi connectivity index (χ2n) is 6.82. The van der Waals surface area contributed by atoms with Crippen LogP contribution in [0.25, 0.3) is 0 Å². The zero-order chi connectivity index (χ0) is 23.9. The first-order valence-electron chi connectivity index (χ1n) is 9.44. The molecule has 0 aliphatic heterocycles. The van der Waals surface area contributed by atoms with Crippen LogP contribution >= 0.6 is 0 Å². The molecule has 0 saturated carbocycles. The number of rotatable bonds is 9. The average molecular weight is 469 g/mol. The number of carbonyl (C=O) groups is 1. The van der Waals surface area contributed by atoms with E-state index in [1.54, 1.807) is 32.0 Å². The molecule has 172 valence electrons. The van der Waals surface area contributed by atoms with E-state index in [0.717, 1.165) is 28.6 Å². The fourth-order valence-electron chi connectivity index (χ4n) is 2.79. The number of allylic oxidation sites excluding steroid dienone is 2. The summed E-state index contributed by atoms with van der Waals surface area (Å²) in [6.07, 6.45) is 0.174. The minimum absolute atomic E-state index is 0.0155. The highest BCUT2D eigenvalue weighted by molar-refractivity contribution is 7.92. The third-order valence-corrected chi connectivity index (χ3v) is 6.12. The van der Waals surface area contributed by atoms with Crippen molar-refractivity contribution in [2.75, 3.05) is 10.9 Å². The zero-order valence-corrected chi connectivity index (χ0v) is 18.1. The van der Waals surface area contributed by atoms with Crippen molar-refractivity contribution in [3.8, 4) is 5.75 Å². The summed E-state index contributed by atoms with van der Waals surface area (Å²) in [4.78, 5) is 10.4. The van der Waals surface area contributed by atoms with Gasteiger partial charge in [0.2, 0.25) is 0 Å². The first kappa shape index (κ1) is 25.0. The van der Waals surface area contributed by atoms with Crippen LogP contribution in [0.1, 0.15) is 19.4 Å². The molecule has 6 nitrogen and oxygen atoms in total. The lowest BCUT2D eigenvalue weighted by molar-refractivity contribution is -0.137. The van der Waals surface area contributed by atoms with Crippen molar-refractivity contribution in [2.24, 2.45) is 0 Å². The van der Waals surface area contributed by atoms with Gasteiger partial charge in [0, 0.05) is 12.1 Å². The monoisotopic (exact) mass is 469 g/mol. The molecule has 0 bridgehead atoms. The molecule has 2 aromatic carbocycles. The molecule has 2 aromatic rings. The Hall–Kier alpha value is -3.27. The third kappa shape index (κ3) is 6.36. The maximum Gasteiger partial charge on any atom is 0.416 e. The van der Waals surface area contributed by atoms with Gasteiger partial charge in [-0.3, -0.25) is 4.31 Å². The van der Waals surface area contributed by atoms with Gasteiger partial charge in [-0.2, -0.15) is 13.2 Å². The van der Waals surface area contributed by atoms with Crippen LogP contribution < -0.4 is 9.04 Å². The largest absolute Gasteiger partial charge is 0.487 e. The standard InChI is InChI=1S/C22H22F3NO5S/c1-16(2)26(32(29,30)18-9-5-3-6-10-18)19-13-12-17(22(23,24)25)15-20(19)31-14-8-4-7-11-21(27)28/h3-13,15-16H,14H2,1-2H3,(H,27,28). The summed E-state index contributed by atoms with van der Waals surface area (Å²) >= 11 is 0. The Labute approximate surface area is 184 Å². The Bertz CT molecular complexity index is 1090. The van der Waals surface area contributed by atoms with Crippen LogP contribution in [-0.4, -0.2) is 32.1 Å². The normalized spacial score (nSPS) is 12.6. The van der Waals surface area contributed by atoms with Gasteiger partial charge in [-0.15, -0.1) is 0 Å². The first-order chi connectivity index (χ1) is 14.9. The lowest BCUT2D eigenvalue weighted by atomic mass is 10.1. The van der Waals surface area contributed by atoms with E-state index in [9.17, 15) is 26.4 Å². The van der Waals surface area contributed by atoms with Gasteiger partial charge in [-0.25, -0.2) is 13.2 Å². The molecular weight excluding hydrogens is 447 g/mol. The lowest BCUT2D eigenvalue weighted by Gasteiger charge is -2.30. The molecule has 0 aromatic heterocycles. The number of aliphatic carboxylic acids is 1. The molecule has 0 fully saturated rings. The van der Waals surface area contributed by atoms with Gasteiger partial charge in [-0.1, -0.05) is 30.4 Å². The molecule has 0 aliphatic carbocycles. The van der Waals surface area contributed by atoms with Crippen LogP contribution in [0.3, 0.4) is 0 Å². The summed E-state index contributed by atoms with van der Waals surface area (Å²) in [5.74, 6) is -1.44. The van der Waals surface area contributed by atoms with Gasteiger partial charge in [0.1, 0.15) is 12.4 Å². The Morgan fingerprint density at radius 1 is 1.12 bits per heavy atom. The maximum absolute atomic E-state index is 13.3. The summed E-state index contributed by atoms with van der Waals surface area (Å²) in [6.45, 7) is 2.98. The van der Waals surface area contributed by atoms with Gasteiger partial charge in [0.25, 0.3) is 10.0 Å². The molecule has 2 rings (SSSR count). The number of carboxylic acid groups (broad SMARTS) is 1. The van der Waals surface area contributed by atoms with Crippen LogP contribution in [-0.2, 0) is 21.0 Å². The van der Waals surface area contributed by atoms with Crippen molar-refractivity contribution in [3.05, 3.63) is 78.4 Å². The van der Waals surface area contributed by atoms with E-state index < -0.39 is 33.8 Å². The Morgan fingerprint density at radius 3 is 2.34 bits per heavy atom. The number of alkyl halides is 3. The van der Waals surface area contributed by atoms with Crippen molar-refractivity contribution in [2.45, 2.75) is 31.0 Å². The fraction of sp³-hybridized carbons (Fsp3) is 0.227. The number of hydrogen-bond donors (Lipinski definition) is 1. The number of ether oxygens (including phenoxy) is 1. The van der Waals surface area contributed by atoms with E-state index in [1.165, 1.54) is 30.4 Å². The van der Waals surface area contributed by atoms with Gasteiger partial charge < -0.3 is 9.84 Å². The Balaban J connectivity index is 2.50. The average Bonchev–Trinajstić information content (AvgIpc) is 2.70. The molecule has 10 heteroatoms. The topological polar surface area (TPSA) is 83.9 Å². The minimum atomic E-state index is -4.66. The second-order valence-corrected chi connectivity index (χ2v) is 8.64. The van der Waals surface area contributed by atoms with Crippen LogP contribution in [0.2, 0.25) is 0 Å². The highest BCUT2D eigenvalue weighted by Crippen LogP contribution is 2.39. The molecule has 0 radical (unpaired) electrons. The molecule has 0 atom stereocenters. The molecule has 1 N–H and O–H groups in total. The van der Waals surface area contributed by atoms with E-state index in [2.05, 4.69) is 0 Å². The van der Waals surface area contributed by atoms with Crippen molar-refractivity contribution >= 4 is 21.7 Å². The predicted molar refractivity (Wildman–Crippen MR) is 114 cm³/mol. The van der Waals surface area contributed by atoms with Crippen molar-refractivity contribution in [3.63, 3.8) is 0 Å². The molecule has 0 amide bonds. The summed E-state index contributed by atoms with van der Waals surface area (Å²) in [5, 5.41) is 8.55. The molecule has 32 heavy (non-hydrogen) atoms. The zero-order valence-electron chi connectivity index (χ0n) is 17.3. The fourth-order valence-corrected chi connectivity index (χ4v) is 4.48. The van der Waals surface area contributed by atoms with Crippen molar-refractivity contribution in [1.82, 2.24) is 0 Å². The number of anilines is 1. The quantitative estimate of drug-likeness (QED) is 0.418. The van der Waals surface area contributed by atoms with Crippen LogP contribution in [0.4, 0.5) is 18.9 Å². The van der Waals surface area contributed by atoms with E-state index in [0.29, 0.717) is 0 Å². The summed E-state index contributed by atoms with van der Waals surface area (Å²) < 4.78 is 72.8. The Kier molecular flexibility index (Phi) is 8.09. The van der Waals surface area contributed by atoms with Gasteiger partial charge in [-0.05, 0) is 50.3 Å². The lowest BCUT2D eigenvalue weighted by Crippen LogP contribution is -2.37. The summed E-state index contributed by atoms with van der Waals surface area (Å²) in [5.41, 5.74) is -1.04. The van der Waals surface area contributed by atoms with Crippen LogP contribution in [0, 0.1) is 0 Å². The van der Waals surface area contributed by atoms with E-state index in [1.807, 2.05) is 0 Å². The number of hydrogen-bond acceptors (Lipinski definition) is 4. The number of sulfonamides is 1. The molecular formula is C22H22F3NO5S. The van der Waals surface area contributed by atoms with Gasteiger partial charge in [0.05, 0.1) is 16.1 Å². The smallest absolute Gasteiger partial charge is 0.416 e. The van der Waals surface area contributed by atoms with Crippen LogP contribution in [0.15, 0.2) is 77.7 Å². The minimum Gasteiger partial charge on any atom is -0.487 e. The molecule has 0 unspecified atom stereocenters.